The fourth-order valence-corrected chi connectivity index (χ4v) is 1.40. The second kappa shape index (κ2) is 4.04. The number of hydrogen-bond acceptors (Lipinski definition) is 3. The van der Waals surface area contributed by atoms with Crippen LogP contribution in [0.3, 0.4) is 0 Å². The first-order valence-corrected chi connectivity index (χ1v) is 4.35. The predicted octanol–water partition coefficient (Wildman–Crippen LogP) is 0.402. The minimum Gasteiger partial charge on any atom is -0.376 e. The Labute approximate surface area is 68.5 Å². The Morgan fingerprint density at radius 3 is 3.00 bits per heavy atom. The first-order valence-electron chi connectivity index (χ1n) is 4.35. The van der Waals surface area contributed by atoms with Crippen LogP contribution in [0.25, 0.3) is 0 Å². The molecule has 11 heavy (non-hydrogen) atoms. The molecule has 0 aromatic rings. The number of morpholine rings is 1. The Morgan fingerprint density at radius 1 is 1.73 bits per heavy atom. The van der Waals surface area contributed by atoms with Crippen molar-refractivity contribution in [2.45, 2.75) is 32.5 Å². The van der Waals surface area contributed by atoms with Crippen molar-refractivity contribution in [1.82, 2.24) is 4.90 Å². The van der Waals surface area contributed by atoms with Crippen molar-refractivity contribution in [3.05, 3.63) is 0 Å². The summed E-state index contributed by atoms with van der Waals surface area (Å²) in [6.45, 7) is 7.00. The van der Waals surface area contributed by atoms with E-state index in [0.717, 1.165) is 26.1 Å². The van der Waals surface area contributed by atoms with Gasteiger partial charge in [-0.3, -0.25) is 4.90 Å². The molecule has 1 fully saturated rings. The van der Waals surface area contributed by atoms with Crippen molar-refractivity contribution in [2.24, 2.45) is 5.73 Å². The van der Waals surface area contributed by atoms with Crippen molar-refractivity contribution in [3.8, 4) is 0 Å². The van der Waals surface area contributed by atoms with Gasteiger partial charge in [0.2, 0.25) is 0 Å². The van der Waals surface area contributed by atoms with E-state index in [0.29, 0.717) is 6.10 Å². The zero-order valence-corrected chi connectivity index (χ0v) is 7.42. The molecule has 2 unspecified atom stereocenters. The van der Waals surface area contributed by atoms with Gasteiger partial charge >= 0.3 is 0 Å². The van der Waals surface area contributed by atoms with Gasteiger partial charge in [0.25, 0.3) is 0 Å². The van der Waals surface area contributed by atoms with Gasteiger partial charge in [0.1, 0.15) is 0 Å². The number of hydrogen-bond donors (Lipinski definition) is 1. The number of rotatable bonds is 2. The van der Waals surface area contributed by atoms with Crippen LogP contribution in [0.15, 0.2) is 0 Å². The number of nitrogens with zero attached hydrogens (tertiary/aromatic N) is 1. The van der Waals surface area contributed by atoms with Crippen LogP contribution in [0.1, 0.15) is 20.3 Å². The Kier molecular flexibility index (Phi) is 3.30. The van der Waals surface area contributed by atoms with E-state index < -0.39 is 0 Å². The highest BCUT2D eigenvalue weighted by Gasteiger charge is 2.19. The molecule has 1 heterocycles. The zero-order valence-electron chi connectivity index (χ0n) is 7.42. The summed E-state index contributed by atoms with van der Waals surface area (Å²) in [5.74, 6) is 0. The fourth-order valence-electron chi connectivity index (χ4n) is 1.40. The normalized spacial score (nSPS) is 30.3. The molecule has 0 radical (unpaired) electrons. The summed E-state index contributed by atoms with van der Waals surface area (Å²) in [4.78, 5) is 2.29. The van der Waals surface area contributed by atoms with Crippen LogP contribution in [0.5, 0.6) is 0 Å². The molecule has 3 heteroatoms. The van der Waals surface area contributed by atoms with Crippen LogP contribution in [0.2, 0.25) is 0 Å². The molecule has 0 aromatic carbocycles. The standard InChI is InChI=1S/C8H18N2O/c1-3-8(9)10-4-5-11-7(2)6-10/h7-8H,3-6,9H2,1-2H3. The molecule has 1 rings (SSSR count). The molecule has 3 nitrogen and oxygen atoms in total. The summed E-state index contributed by atoms with van der Waals surface area (Å²) >= 11 is 0. The lowest BCUT2D eigenvalue weighted by Crippen LogP contribution is -2.50. The molecule has 0 spiro atoms. The third-order valence-corrected chi connectivity index (χ3v) is 2.16. The third kappa shape index (κ3) is 2.43. The zero-order chi connectivity index (χ0) is 8.27. The maximum absolute atomic E-state index is 5.88. The molecule has 1 aliphatic heterocycles. The largest absolute Gasteiger partial charge is 0.376 e. The van der Waals surface area contributed by atoms with E-state index in [9.17, 15) is 0 Å². The second-order valence-electron chi connectivity index (χ2n) is 3.15. The van der Waals surface area contributed by atoms with Crippen molar-refractivity contribution in [2.75, 3.05) is 19.7 Å². The third-order valence-electron chi connectivity index (χ3n) is 2.16. The average Bonchev–Trinajstić information content (AvgIpc) is 2.03. The quantitative estimate of drug-likeness (QED) is 0.632. The van der Waals surface area contributed by atoms with Crippen LogP contribution >= 0.6 is 0 Å². The molecular weight excluding hydrogens is 140 g/mol. The van der Waals surface area contributed by atoms with Crippen molar-refractivity contribution in [1.29, 1.82) is 0 Å². The minimum absolute atomic E-state index is 0.223. The highest BCUT2D eigenvalue weighted by molar-refractivity contribution is 4.71. The molecule has 2 atom stereocenters. The average molecular weight is 158 g/mol. The second-order valence-corrected chi connectivity index (χ2v) is 3.15. The summed E-state index contributed by atoms with van der Waals surface area (Å²) in [6, 6.07) is 0. The summed E-state index contributed by atoms with van der Waals surface area (Å²) < 4.78 is 5.41. The van der Waals surface area contributed by atoms with Gasteiger partial charge < -0.3 is 10.5 Å². The highest BCUT2D eigenvalue weighted by atomic mass is 16.5. The molecule has 0 bridgehead atoms. The number of ether oxygens (including phenoxy) is 1. The van der Waals surface area contributed by atoms with Gasteiger partial charge in [-0.15, -0.1) is 0 Å². The minimum atomic E-state index is 0.223. The Morgan fingerprint density at radius 2 is 2.45 bits per heavy atom. The van der Waals surface area contributed by atoms with E-state index in [-0.39, 0.29) is 6.17 Å². The van der Waals surface area contributed by atoms with Crippen LogP contribution in [0, 0.1) is 0 Å². The van der Waals surface area contributed by atoms with Gasteiger partial charge in [-0.2, -0.15) is 0 Å². The van der Waals surface area contributed by atoms with E-state index >= 15 is 0 Å². The SMILES string of the molecule is CCC(N)N1CCOC(C)C1. The van der Waals surface area contributed by atoms with Gasteiger partial charge in [0.15, 0.2) is 0 Å². The lowest BCUT2D eigenvalue weighted by atomic mass is 10.2. The molecule has 1 aliphatic rings. The molecule has 66 valence electrons. The van der Waals surface area contributed by atoms with Gasteiger partial charge in [0, 0.05) is 13.1 Å². The van der Waals surface area contributed by atoms with Crippen LogP contribution < -0.4 is 5.73 Å². The molecule has 0 aromatic heterocycles. The summed E-state index contributed by atoms with van der Waals surface area (Å²) in [6.07, 6.45) is 1.59. The van der Waals surface area contributed by atoms with Crippen LogP contribution in [-0.2, 0) is 4.74 Å². The summed E-state index contributed by atoms with van der Waals surface area (Å²) in [7, 11) is 0. The van der Waals surface area contributed by atoms with Gasteiger partial charge in [-0.05, 0) is 13.3 Å². The predicted molar refractivity (Wildman–Crippen MR) is 45.3 cm³/mol. The number of nitrogens with two attached hydrogens (primary N) is 1. The molecule has 0 amide bonds. The van der Waals surface area contributed by atoms with Crippen LogP contribution in [0.4, 0.5) is 0 Å². The van der Waals surface area contributed by atoms with Crippen molar-refractivity contribution < 1.29 is 4.74 Å². The lowest BCUT2D eigenvalue weighted by molar-refractivity contribution is -0.0336. The van der Waals surface area contributed by atoms with E-state index in [4.69, 9.17) is 10.5 Å². The first-order chi connectivity index (χ1) is 5.24. The molecule has 2 N–H and O–H groups in total. The van der Waals surface area contributed by atoms with E-state index in [1.165, 1.54) is 0 Å². The first kappa shape index (κ1) is 8.97. The topological polar surface area (TPSA) is 38.5 Å². The van der Waals surface area contributed by atoms with E-state index in [1.54, 1.807) is 0 Å². The Bertz CT molecular complexity index is 119. The molecule has 0 aliphatic carbocycles. The smallest absolute Gasteiger partial charge is 0.0675 e. The van der Waals surface area contributed by atoms with Crippen LogP contribution in [-0.4, -0.2) is 36.9 Å². The molecule has 0 saturated carbocycles. The maximum atomic E-state index is 5.88. The van der Waals surface area contributed by atoms with E-state index in [2.05, 4.69) is 18.7 Å². The maximum Gasteiger partial charge on any atom is 0.0675 e. The van der Waals surface area contributed by atoms with Gasteiger partial charge in [-0.25, -0.2) is 0 Å². The molecular formula is C8H18N2O. The van der Waals surface area contributed by atoms with E-state index in [1.807, 2.05) is 0 Å². The van der Waals surface area contributed by atoms with Gasteiger partial charge in [0.05, 0.1) is 18.9 Å². The Balaban J connectivity index is 2.33. The van der Waals surface area contributed by atoms with Crippen molar-refractivity contribution >= 4 is 0 Å². The Hall–Kier alpha value is -0.120. The fraction of sp³-hybridized carbons (Fsp3) is 1.00. The highest BCUT2D eigenvalue weighted by Crippen LogP contribution is 2.07. The van der Waals surface area contributed by atoms with Crippen molar-refractivity contribution in [3.63, 3.8) is 0 Å². The summed E-state index contributed by atoms with van der Waals surface area (Å²) in [5.41, 5.74) is 5.88. The monoisotopic (exact) mass is 158 g/mol. The molecule has 1 saturated heterocycles. The summed E-state index contributed by atoms with van der Waals surface area (Å²) in [5, 5.41) is 0. The lowest BCUT2D eigenvalue weighted by Gasteiger charge is -2.34. The van der Waals surface area contributed by atoms with Gasteiger partial charge in [-0.1, -0.05) is 6.92 Å².